The summed E-state index contributed by atoms with van der Waals surface area (Å²) in [4.78, 5) is 0. The second-order valence-corrected chi connectivity index (χ2v) is 6.57. The van der Waals surface area contributed by atoms with Gasteiger partial charge in [-0.3, -0.25) is 0 Å². The molecule has 1 aliphatic rings. The Morgan fingerprint density at radius 2 is 1.86 bits per heavy atom. The van der Waals surface area contributed by atoms with Gasteiger partial charge in [-0.05, 0) is 48.8 Å². The highest BCUT2D eigenvalue weighted by atomic mass is 15.3. The quantitative estimate of drug-likeness (QED) is 0.925. The SMILES string of the molecule is CC1CC(C)CC(NCc2ccccc2-n2cccn2)C1. The molecule has 21 heavy (non-hydrogen) atoms. The number of benzene rings is 1. The van der Waals surface area contributed by atoms with Crippen molar-refractivity contribution in [2.24, 2.45) is 11.8 Å². The summed E-state index contributed by atoms with van der Waals surface area (Å²) in [6.07, 6.45) is 7.81. The second kappa shape index (κ2) is 6.44. The number of para-hydroxylation sites is 1. The molecule has 0 bridgehead atoms. The first kappa shape index (κ1) is 14.3. The Labute approximate surface area is 127 Å². The Morgan fingerprint density at radius 3 is 2.57 bits per heavy atom. The summed E-state index contributed by atoms with van der Waals surface area (Å²) in [5, 5.41) is 8.11. The van der Waals surface area contributed by atoms with Crippen LogP contribution in [0.15, 0.2) is 42.7 Å². The fourth-order valence-corrected chi connectivity index (χ4v) is 3.66. The summed E-state index contributed by atoms with van der Waals surface area (Å²) in [6, 6.07) is 11.1. The maximum absolute atomic E-state index is 4.35. The lowest BCUT2D eigenvalue weighted by atomic mass is 9.80. The fourth-order valence-electron chi connectivity index (χ4n) is 3.66. The Hall–Kier alpha value is -1.61. The van der Waals surface area contributed by atoms with Gasteiger partial charge < -0.3 is 5.32 Å². The van der Waals surface area contributed by atoms with Crippen LogP contribution in [0.3, 0.4) is 0 Å². The third-order valence-electron chi connectivity index (χ3n) is 4.50. The number of aromatic nitrogens is 2. The largest absolute Gasteiger partial charge is 0.310 e. The van der Waals surface area contributed by atoms with Crippen LogP contribution in [0.4, 0.5) is 0 Å². The maximum atomic E-state index is 4.35. The van der Waals surface area contributed by atoms with Gasteiger partial charge in [-0.1, -0.05) is 32.0 Å². The molecule has 1 N–H and O–H groups in total. The minimum Gasteiger partial charge on any atom is -0.310 e. The zero-order chi connectivity index (χ0) is 14.7. The molecule has 3 nitrogen and oxygen atoms in total. The van der Waals surface area contributed by atoms with Gasteiger partial charge in [0.2, 0.25) is 0 Å². The predicted molar refractivity (Wildman–Crippen MR) is 86.4 cm³/mol. The summed E-state index contributed by atoms with van der Waals surface area (Å²) >= 11 is 0. The first-order valence-electron chi connectivity index (χ1n) is 8.03. The second-order valence-electron chi connectivity index (χ2n) is 6.57. The van der Waals surface area contributed by atoms with E-state index in [0.29, 0.717) is 6.04 Å². The molecular formula is C18H25N3. The summed E-state index contributed by atoms with van der Waals surface area (Å²) in [6.45, 7) is 5.67. The van der Waals surface area contributed by atoms with Gasteiger partial charge in [-0.2, -0.15) is 5.10 Å². The Bertz CT molecular complexity index is 552. The molecule has 3 heteroatoms. The number of rotatable bonds is 4. The van der Waals surface area contributed by atoms with Crippen molar-refractivity contribution in [2.75, 3.05) is 0 Å². The monoisotopic (exact) mass is 283 g/mol. The zero-order valence-electron chi connectivity index (χ0n) is 13.0. The number of hydrogen-bond donors (Lipinski definition) is 1. The van der Waals surface area contributed by atoms with Crippen molar-refractivity contribution < 1.29 is 0 Å². The summed E-state index contributed by atoms with van der Waals surface area (Å²) in [5.41, 5.74) is 2.49. The smallest absolute Gasteiger partial charge is 0.0690 e. The van der Waals surface area contributed by atoms with Crippen molar-refractivity contribution >= 4 is 0 Å². The van der Waals surface area contributed by atoms with Crippen molar-refractivity contribution in [3.63, 3.8) is 0 Å². The van der Waals surface area contributed by atoms with Crippen LogP contribution in [-0.2, 0) is 6.54 Å². The minimum atomic E-state index is 0.648. The average molecular weight is 283 g/mol. The molecule has 2 aromatic rings. The molecule has 2 unspecified atom stereocenters. The van der Waals surface area contributed by atoms with Crippen LogP contribution >= 0.6 is 0 Å². The summed E-state index contributed by atoms with van der Waals surface area (Å²) < 4.78 is 1.95. The van der Waals surface area contributed by atoms with Crippen LogP contribution in [0, 0.1) is 11.8 Å². The van der Waals surface area contributed by atoms with Crippen molar-refractivity contribution in [3.05, 3.63) is 48.3 Å². The topological polar surface area (TPSA) is 29.9 Å². The molecule has 0 aliphatic heterocycles. The van der Waals surface area contributed by atoms with Gasteiger partial charge in [-0.15, -0.1) is 0 Å². The molecular weight excluding hydrogens is 258 g/mol. The minimum absolute atomic E-state index is 0.648. The lowest BCUT2D eigenvalue weighted by Gasteiger charge is -2.32. The highest BCUT2D eigenvalue weighted by molar-refractivity contribution is 5.40. The van der Waals surface area contributed by atoms with Crippen molar-refractivity contribution in [3.8, 4) is 5.69 Å². The van der Waals surface area contributed by atoms with Gasteiger partial charge in [0.1, 0.15) is 0 Å². The number of nitrogens with zero attached hydrogens (tertiary/aromatic N) is 2. The van der Waals surface area contributed by atoms with Crippen LogP contribution in [0.1, 0.15) is 38.7 Å². The standard InChI is InChI=1S/C18H25N3/c1-14-10-15(2)12-17(11-14)19-13-16-6-3-4-7-18(16)21-9-5-8-20-21/h3-9,14-15,17,19H,10-13H2,1-2H3. The molecule has 0 saturated heterocycles. The molecule has 1 saturated carbocycles. The normalized spacial score (nSPS) is 25.9. The van der Waals surface area contributed by atoms with Gasteiger partial charge in [0, 0.05) is 25.0 Å². The zero-order valence-corrected chi connectivity index (χ0v) is 13.0. The highest BCUT2D eigenvalue weighted by Gasteiger charge is 2.23. The van der Waals surface area contributed by atoms with Gasteiger partial charge in [0.05, 0.1) is 5.69 Å². The van der Waals surface area contributed by atoms with Crippen LogP contribution < -0.4 is 5.32 Å². The third kappa shape index (κ3) is 3.53. The Kier molecular flexibility index (Phi) is 4.39. The molecule has 112 valence electrons. The molecule has 0 spiro atoms. The van der Waals surface area contributed by atoms with Gasteiger partial charge >= 0.3 is 0 Å². The molecule has 1 heterocycles. The van der Waals surface area contributed by atoms with E-state index >= 15 is 0 Å². The molecule has 2 atom stereocenters. The van der Waals surface area contributed by atoms with E-state index in [0.717, 1.165) is 18.4 Å². The van der Waals surface area contributed by atoms with E-state index in [9.17, 15) is 0 Å². The van der Waals surface area contributed by atoms with Gasteiger partial charge in [0.25, 0.3) is 0 Å². The van der Waals surface area contributed by atoms with E-state index < -0.39 is 0 Å². The molecule has 1 aliphatic carbocycles. The predicted octanol–water partition coefficient (Wildman–Crippen LogP) is 3.79. The van der Waals surface area contributed by atoms with E-state index in [4.69, 9.17) is 0 Å². The third-order valence-corrected chi connectivity index (χ3v) is 4.50. The van der Waals surface area contributed by atoms with E-state index in [1.807, 2.05) is 23.1 Å². The Balaban J connectivity index is 1.68. The van der Waals surface area contributed by atoms with E-state index in [1.165, 1.54) is 30.5 Å². The van der Waals surface area contributed by atoms with Crippen molar-refractivity contribution in [2.45, 2.75) is 45.7 Å². The van der Waals surface area contributed by atoms with Crippen molar-refractivity contribution in [1.29, 1.82) is 0 Å². The van der Waals surface area contributed by atoms with Crippen molar-refractivity contribution in [1.82, 2.24) is 15.1 Å². The molecule has 0 amide bonds. The molecule has 1 aromatic heterocycles. The molecule has 1 fully saturated rings. The fraction of sp³-hybridized carbons (Fsp3) is 0.500. The lowest BCUT2D eigenvalue weighted by Crippen LogP contribution is -2.36. The van der Waals surface area contributed by atoms with Gasteiger partial charge in [0.15, 0.2) is 0 Å². The van der Waals surface area contributed by atoms with Crippen LogP contribution in [0.2, 0.25) is 0 Å². The molecule has 0 radical (unpaired) electrons. The summed E-state index contributed by atoms with van der Waals surface area (Å²) in [7, 11) is 0. The highest BCUT2D eigenvalue weighted by Crippen LogP contribution is 2.28. The average Bonchev–Trinajstić information content (AvgIpc) is 2.98. The lowest BCUT2D eigenvalue weighted by molar-refractivity contribution is 0.238. The van der Waals surface area contributed by atoms with Gasteiger partial charge in [-0.25, -0.2) is 4.68 Å². The van der Waals surface area contributed by atoms with E-state index in [2.05, 4.69) is 48.5 Å². The maximum Gasteiger partial charge on any atom is 0.0690 e. The first-order valence-corrected chi connectivity index (χ1v) is 8.03. The van der Waals surface area contributed by atoms with E-state index in [1.54, 1.807) is 0 Å². The number of nitrogens with one attached hydrogen (secondary N) is 1. The molecule has 3 rings (SSSR count). The van der Waals surface area contributed by atoms with E-state index in [-0.39, 0.29) is 0 Å². The molecule has 1 aromatic carbocycles. The van der Waals surface area contributed by atoms with Crippen LogP contribution in [0.25, 0.3) is 5.69 Å². The first-order chi connectivity index (χ1) is 10.2. The van der Waals surface area contributed by atoms with Crippen LogP contribution in [0.5, 0.6) is 0 Å². The summed E-state index contributed by atoms with van der Waals surface area (Å²) in [5.74, 6) is 1.68. The number of hydrogen-bond acceptors (Lipinski definition) is 2. The van der Waals surface area contributed by atoms with Crippen LogP contribution in [-0.4, -0.2) is 15.8 Å². The Morgan fingerprint density at radius 1 is 1.10 bits per heavy atom.